The minimum atomic E-state index is -3.60. The summed E-state index contributed by atoms with van der Waals surface area (Å²) in [6.45, 7) is -0.125. The Kier molecular flexibility index (Phi) is 4.79. The van der Waals surface area contributed by atoms with E-state index in [1.54, 1.807) is 0 Å². The highest BCUT2D eigenvalue weighted by molar-refractivity contribution is 6.30. The second-order valence-electron chi connectivity index (χ2n) is 6.09. The number of ether oxygens (including phenoxy) is 1. The first-order valence-electron chi connectivity index (χ1n) is 7.79. The Morgan fingerprint density at radius 1 is 1.36 bits per heavy atom. The summed E-state index contributed by atoms with van der Waals surface area (Å²) in [6.07, 6.45) is 1.21. The van der Waals surface area contributed by atoms with Gasteiger partial charge in [-0.05, 0) is 25.1 Å². The van der Waals surface area contributed by atoms with Crippen LogP contribution < -0.4 is 16.8 Å². The standard InChI is InChI=1S/C16H14ClF3N6O2/c1-15(16(19,20)6-28-14(22)26-15)12-8(18)2-3-10(24-12)25-13(27)11-9(21)4-7(17)5-23-11/h2-5H,6,21H2,1H3,(H2,22,26)(H,24,25,27). The molecular weight excluding hydrogens is 401 g/mol. The van der Waals surface area contributed by atoms with Crippen LogP contribution in [0, 0.1) is 5.82 Å². The first kappa shape index (κ1) is 19.7. The lowest BCUT2D eigenvalue weighted by molar-refractivity contribution is -0.118. The Labute approximate surface area is 161 Å². The molecule has 28 heavy (non-hydrogen) atoms. The molecule has 0 saturated heterocycles. The molecule has 0 spiro atoms. The van der Waals surface area contributed by atoms with Crippen molar-refractivity contribution in [1.82, 2.24) is 9.97 Å². The third-order valence-electron chi connectivity index (χ3n) is 4.09. The van der Waals surface area contributed by atoms with E-state index < -0.39 is 41.5 Å². The summed E-state index contributed by atoms with van der Waals surface area (Å²) in [5.74, 6) is -5.65. The van der Waals surface area contributed by atoms with E-state index in [0.717, 1.165) is 19.1 Å². The third kappa shape index (κ3) is 3.40. The zero-order valence-electron chi connectivity index (χ0n) is 14.3. The lowest BCUT2D eigenvalue weighted by Gasteiger charge is -2.36. The van der Waals surface area contributed by atoms with Crippen LogP contribution in [0.2, 0.25) is 5.02 Å². The first-order valence-corrected chi connectivity index (χ1v) is 8.16. The highest BCUT2D eigenvalue weighted by Gasteiger charge is 2.57. The van der Waals surface area contributed by atoms with Crippen LogP contribution in [-0.4, -0.2) is 34.4 Å². The van der Waals surface area contributed by atoms with Gasteiger partial charge in [-0.2, -0.15) is 8.78 Å². The zero-order valence-corrected chi connectivity index (χ0v) is 15.1. The number of amidine groups is 1. The minimum absolute atomic E-state index is 0.00682. The molecule has 0 fully saturated rings. The van der Waals surface area contributed by atoms with Gasteiger partial charge in [-0.1, -0.05) is 11.6 Å². The highest BCUT2D eigenvalue weighted by atomic mass is 35.5. The van der Waals surface area contributed by atoms with Crippen molar-refractivity contribution in [3.05, 3.63) is 46.6 Å². The molecule has 1 amide bonds. The Morgan fingerprint density at radius 3 is 2.75 bits per heavy atom. The Hall–Kier alpha value is -3.08. The van der Waals surface area contributed by atoms with Crippen LogP contribution in [0.15, 0.2) is 29.4 Å². The normalized spacial score (nSPS) is 20.8. The van der Waals surface area contributed by atoms with Crippen molar-refractivity contribution in [2.45, 2.75) is 18.4 Å². The molecule has 2 aromatic rings. The van der Waals surface area contributed by atoms with Crippen molar-refractivity contribution >= 4 is 35.0 Å². The molecule has 0 saturated carbocycles. The Morgan fingerprint density at radius 2 is 2.07 bits per heavy atom. The van der Waals surface area contributed by atoms with Crippen LogP contribution in [0.25, 0.3) is 0 Å². The van der Waals surface area contributed by atoms with E-state index in [1.165, 1.54) is 12.3 Å². The summed E-state index contributed by atoms with van der Waals surface area (Å²) in [4.78, 5) is 23.5. The molecule has 3 heterocycles. The fraction of sp³-hybridized carbons (Fsp3) is 0.250. The molecule has 0 bridgehead atoms. The van der Waals surface area contributed by atoms with E-state index in [9.17, 15) is 18.0 Å². The predicted molar refractivity (Wildman–Crippen MR) is 95.7 cm³/mol. The average molecular weight is 415 g/mol. The van der Waals surface area contributed by atoms with E-state index in [0.29, 0.717) is 0 Å². The van der Waals surface area contributed by atoms with Crippen molar-refractivity contribution in [3.63, 3.8) is 0 Å². The molecule has 1 aliphatic heterocycles. The summed E-state index contributed by atoms with van der Waals surface area (Å²) >= 11 is 5.73. The molecule has 0 aromatic carbocycles. The number of halogens is 4. The molecule has 3 rings (SSSR count). The van der Waals surface area contributed by atoms with Crippen molar-refractivity contribution in [3.8, 4) is 0 Å². The van der Waals surface area contributed by atoms with Gasteiger partial charge in [-0.3, -0.25) is 4.79 Å². The zero-order chi connectivity index (χ0) is 20.7. The molecule has 1 atom stereocenters. The summed E-state index contributed by atoms with van der Waals surface area (Å²) in [5.41, 5.74) is 7.76. The van der Waals surface area contributed by atoms with Gasteiger partial charge < -0.3 is 21.5 Å². The maximum Gasteiger partial charge on any atom is 0.311 e. The number of aliphatic imine (C=N–C) groups is 1. The number of pyridine rings is 2. The van der Waals surface area contributed by atoms with Gasteiger partial charge in [-0.15, -0.1) is 0 Å². The maximum absolute atomic E-state index is 14.4. The SMILES string of the molecule is CC1(c2nc(NC(=O)c3ncc(Cl)cc3N)ccc2F)N=C(N)OCC1(F)F. The third-order valence-corrected chi connectivity index (χ3v) is 4.30. The number of aromatic nitrogens is 2. The summed E-state index contributed by atoms with van der Waals surface area (Å²) < 4.78 is 47.7. The molecule has 5 N–H and O–H groups in total. The molecular formula is C16H14ClF3N6O2. The number of alkyl halides is 2. The summed E-state index contributed by atoms with van der Waals surface area (Å²) in [7, 11) is 0. The fourth-order valence-corrected chi connectivity index (χ4v) is 2.71. The summed E-state index contributed by atoms with van der Waals surface area (Å²) in [5, 5.41) is 2.55. The lowest BCUT2D eigenvalue weighted by Crippen LogP contribution is -2.51. The average Bonchev–Trinajstić information content (AvgIpc) is 2.60. The number of hydrogen-bond donors (Lipinski definition) is 3. The molecule has 0 radical (unpaired) electrons. The number of nitrogens with two attached hydrogens (primary N) is 2. The van der Waals surface area contributed by atoms with Gasteiger partial charge in [0.2, 0.25) is 0 Å². The largest absolute Gasteiger partial charge is 0.459 e. The van der Waals surface area contributed by atoms with Gasteiger partial charge in [0.05, 0.1) is 10.7 Å². The van der Waals surface area contributed by atoms with Gasteiger partial charge in [0.15, 0.2) is 17.8 Å². The molecule has 12 heteroatoms. The fourth-order valence-electron chi connectivity index (χ4n) is 2.54. The number of amides is 1. The van der Waals surface area contributed by atoms with Crippen LogP contribution in [-0.2, 0) is 10.3 Å². The maximum atomic E-state index is 14.4. The molecule has 148 valence electrons. The van der Waals surface area contributed by atoms with Crippen LogP contribution >= 0.6 is 11.6 Å². The topological polar surface area (TPSA) is 129 Å². The van der Waals surface area contributed by atoms with E-state index in [2.05, 4.69) is 25.0 Å². The second kappa shape index (κ2) is 6.82. The van der Waals surface area contributed by atoms with E-state index in [4.69, 9.17) is 23.1 Å². The Balaban J connectivity index is 1.98. The van der Waals surface area contributed by atoms with Gasteiger partial charge >= 0.3 is 5.92 Å². The molecule has 1 aliphatic rings. The van der Waals surface area contributed by atoms with Crippen molar-refractivity contribution in [1.29, 1.82) is 0 Å². The Bertz CT molecular complexity index is 987. The number of rotatable bonds is 3. The van der Waals surface area contributed by atoms with Gasteiger partial charge in [0.1, 0.15) is 17.3 Å². The van der Waals surface area contributed by atoms with E-state index in [-0.39, 0.29) is 22.2 Å². The van der Waals surface area contributed by atoms with E-state index in [1.807, 2.05) is 0 Å². The van der Waals surface area contributed by atoms with Crippen LogP contribution in [0.4, 0.5) is 24.7 Å². The van der Waals surface area contributed by atoms with Gasteiger partial charge in [0, 0.05) is 6.20 Å². The number of carbonyl (C=O) groups excluding carboxylic acids is 1. The van der Waals surface area contributed by atoms with Gasteiger partial charge in [0.25, 0.3) is 11.9 Å². The highest BCUT2D eigenvalue weighted by Crippen LogP contribution is 2.43. The molecule has 2 aromatic heterocycles. The molecule has 1 unspecified atom stereocenters. The van der Waals surface area contributed by atoms with Crippen LogP contribution in [0.1, 0.15) is 23.1 Å². The first-order chi connectivity index (χ1) is 13.0. The van der Waals surface area contributed by atoms with Gasteiger partial charge in [-0.25, -0.2) is 19.4 Å². The number of nitrogens with one attached hydrogen (secondary N) is 1. The van der Waals surface area contributed by atoms with Crippen molar-refractivity contribution < 1.29 is 22.7 Å². The van der Waals surface area contributed by atoms with Crippen LogP contribution in [0.3, 0.4) is 0 Å². The minimum Gasteiger partial charge on any atom is -0.459 e. The number of nitrogen functional groups attached to an aromatic ring is 1. The number of nitrogens with zero attached hydrogens (tertiary/aromatic N) is 3. The second-order valence-corrected chi connectivity index (χ2v) is 6.52. The lowest BCUT2D eigenvalue weighted by atomic mass is 9.89. The quantitative estimate of drug-likeness (QED) is 0.706. The smallest absolute Gasteiger partial charge is 0.311 e. The predicted octanol–water partition coefficient (Wildman–Crippen LogP) is 2.30. The molecule has 8 nitrogen and oxygen atoms in total. The van der Waals surface area contributed by atoms with Crippen molar-refractivity contribution in [2.75, 3.05) is 17.7 Å². The van der Waals surface area contributed by atoms with Crippen molar-refractivity contribution in [2.24, 2.45) is 10.7 Å². The monoisotopic (exact) mass is 414 g/mol. The van der Waals surface area contributed by atoms with Crippen LogP contribution in [0.5, 0.6) is 0 Å². The van der Waals surface area contributed by atoms with E-state index >= 15 is 0 Å². The number of anilines is 2. The summed E-state index contributed by atoms with van der Waals surface area (Å²) in [6, 6.07) is 2.76. The molecule has 0 aliphatic carbocycles. The number of carbonyl (C=O) groups is 1. The number of hydrogen-bond acceptors (Lipinski definition) is 7.